The number of ether oxygens (including phenoxy) is 1. The molecule has 0 saturated carbocycles. The van der Waals surface area contributed by atoms with Gasteiger partial charge in [-0.05, 0) is 62.3 Å². The van der Waals surface area contributed by atoms with Gasteiger partial charge < -0.3 is 15.6 Å². The maximum Gasteiger partial charge on any atom is 0.119 e. The fourth-order valence-corrected chi connectivity index (χ4v) is 2.41. The molecule has 0 aliphatic heterocycles. The van der Waals surface area contributed by atoms with Crippen LogP contribution in [-0.2, 0) is 6.42 Å². The largest absolute Gasteiger partial charge is 0.493 e. The van der Waals surface area contributed by atoms with Crippen LogP contribution in [0.1, 0.15) is 44.6 Å². The minimum atomic E-state index is 0.273. The van der Waals surface area contributed by atoms with E-state index < -0.39 is 0 Å². The Morgan fingerprint density at radius 3 is 2.80 bits per heavy atom. The molecule has 114 valence electrons. The van der Waals surface area contributed by atoms with Crippen LogP contribution in [0, 0.1) is 5.92 Å². The molecule has 0 heterocycles. The maximum atomic E-state index is 8.94. The predicted molar refractivity (Wildman–Crippen MR) is 84.0 cm³/mol. The van der Waals surface area contributed by atoms with E-state index in [-0.39, 0.29) is 6.61 Å². The Hall–Kier alpha value is -1.06. The van der Waals surface area contributed by atoms with Crippen LogP contribution in [0.2, 0.25) is 0 Å². The highest BCUT2D eigenvalue weighted by atomic mass is 16.5. The molecule has 20 heavy (non-hydrogen) atoms. The van der Waals surface area contributed by atoms with Gasteiger partial charge in [-0.15, -0.1) is 0 Å². The Morgan fingerprint density at radius 1 is 1.25 bits per heavy atom. The summed E-state index contributed by atoms with van der Waals surface area (Å²) >= 11 is 0. The van der Waals surface area contributed by atoms with Gasteiger partial charge >= 0.3 is 0 Å². The molecule has 0 bridgehead atoms. The van der Waals surface area contributed by atoms with Crippen molar-refractivity contribution in [3.8, 4) is 5.75 Å². The monoisotopic (exact) mass is 279 g/mol. The molecule has 0 amide bonds. The maximum absolute atomic E-state index is 8.94. The summed E-state index contributed by atoms with van der Waals surface area (Å²) in [6.07, 6.45) is 6.25. The van der Waals surface area contributed by atoms with E-state index in [4.69, 9.17) is 15.6 Å². The van der Waals surface area contributed by atoms with Crippen molar-refractivity contribution in [1.82, 2.24) is 0 Å². The molecule has 0 radical (unpaired) electrons. The summed E-state index contributed by atoms with van der Waals surface area (Å²) in [5.41, 5.74) is 6.83. The van der Waals surface area contributed by atoms with Crippen LogP contribution in [0.4, 0.5) is 0 Å². The molecular formula is C17H29NO2. The molecular weight excluding hydrogens is 250 g/mol. The van der Waals surface area contributed by atoms with Crippen molar-refractivity contribution in [2.45, 2.75) is 45.4 Å². The average Bonchev–Trinajstić information content (AvgIpc) is 2.48. The SMILES string of the molecule is CCCC(CCCO)COc1cccc(CCCN)c1. The smallest absolute Gasteiger partial charge is 0.119 e. The molecule has 0 spiro atoms. The number of nitrogens with two attached hydrogens (primary N) is 1. The molecule has 0 saturated heterocycles. The van der Waals surface area contributed by atoms with Crippen molar-refractivity contribution in [3.63, 3.8) is 0 Å². The van der Waals surface area contributed by atoms with Gasteiger partial charge in [0.15, 0.2) is 0 Å². The van der Waals surface area contributed by atoms with Gasteiger partial charge in [0.1, 0.15) is 5.75 Å². The molecule has 1 atom stereocenters. The van der Waals surface area contributed by atoms with Crippen LogP contribution >= 0.6 is 0 Å². The number of rotatable bonds is 11. The second-order valence-corrected chi connectivity index (χ2v) is 5.37. The zero-order valence-electron chi connectivity index (χ0n) is 12.7. The van der Waals surface area contributed by atoms with Crippen LogP contribution in [0.5, 0.6) is 5.75 Å². The lowest BCUT2D eigenvalue weighted by Gasteiger charge is -2.17. The summed E-state index contributed by atoms with van der Waals surface area (Å²) in [4.78, 5) is 0. The number of hydrogen-bond acceptors (Lipinski definition) is 3. The lowest BCUT2D eigenvalue weighted by molar-refractivity contribution is 0.209. The molecule has 3 nitrogen and oxygen atoms in total. The van der Waals surface area contributed by atoms with Crippen molar-refractivity contribution in [3.05, 3.63) is 29.8 Å². The van der Waals surface area contributed by atoms with E-state index in [1.54, 1.807) is 0 Å². The van der Waals surface area contributed by atoms with Crippen molar-refractivity contribution in [2.75, 3.05) is 19.8 Å². The third-order valence-corrected chi connectivity index (χ3v) is 3.52. The van der Waals surface area contributed by atoms with E-state index in [0.717, 1.165) is 57.4 Å². The molecule has 0 aliphatic rings. The fraction of sp³-hybridized carbons (Fsp3) is 0.647. The van der Waals surface area contributed by atoms with Gasteiger partial charge in [0, 0.05) is 6.61 Å². The topological polar surface area (TPSA) is 55.5 Å². The normalized spacial score (nSPS) is 12.3. The quantitative estimate of drug-likeness (QED) is 0.654. The summed E-state index contributed by atoms with van der Waals surface area (Å²) < 4.78 is 5.93. The second kappa shape index (κ2) is 10.7. The number of aliphatic hydroxyl groups excluding tert-OH is 1. The summed E-state index contributed by atoms with van der Waals surface area (Å²) in [5.74, 6) is 1.49. The molecule has 0 aromatic heterocycles. The first-order valence-corrected chi connectivity index (χ1v) is 7.82. The highest BCUT2D eigenvalue weighted by molar-refractivity contribution is 5.28. The first kappa shape index (κ1) is 17.0. The van der Waals surface area contributed by atoms with Crippen LogP contribution in [0.25, 0.3) is 0 Å². The van der Waals surface area contributed by atoms with Gasteiger partial charge in [-0.3, -0.25) is 0 Å². The molecule has 3 N–H and O–H groups in total. The Bertz CT molecular complexity index is 355. The number of aryl methyl sites for hydroxylation is 1. The predicted octanol–water partition coefficient (Wildman–Crippen LogP) is 3.15. The van der Waals surface area contributed by atoms with Gasteiger partial charge in [-0.1, -0.05) is 25.5 Å². The lowest BCUT2D eigenvalue weighted by atomic mass is 9.99. The Balaban J connectivity index is 2.45. The van der Waals surface area contributed by atoms with E-state index in [1.165, 1.54) is 5.56 Å². The zero-order chi connectivity index (χ0) is 14.6. The van der Waals surface area contributed by atoms with Crippen LogP contribution in [-0.4, -0.2) is 24.9 Å². The Labute approximate surface area is 123 Å². The molecule has 0 fully saturated rings. The van der Waals surface area contributed by atoms with Gasteiger partial charge in [-0.2, -0.15) is 0 Å². The van der Waals surface area contributed by atoms with E-state index in [2.05, 4.69) is 19.1 Å². The molecule has 1 unspecified atom stereocenters. The first-order valence-electron chi connectivity index (χ1n) is 7.82. The van der Waals surface area contributed by atoms with Crippen LogP contribution in [0.3, 0.4) is 0 Å². The molecule has 1 aromatic carbocycles. The van der Waals surface area contributed by atoms with Crippen LogP contribution in [0.15, 0.2) is 24.3 Å². The summed E-state index contributed by atoms with van der Waals surface area (Å²) in [6, 6.07) is 8.30. The highest BCUT2D eigenvalue weighted by Gasteiger charge is 2.08. The third-order valence-electron chi connectivity index (χ3n) is 3.52. The van der Waals surface area contributed by atoms with Gasteiger partial charge in [0.25, 0.3) is 0 Å². The minimum Gasteiger partial charge on any atom is -0.493 e. The van der Waals surface area contributed by atoms with Gasteiger partial charge in [0.05, 0.1) is 6.61 Å². The zero-order valence-corrected chi connectivity index (χ0v) is 12.7. The molecule has 3 heteroatoms. The van der Waals surface area contributed by atoms with Crippen molar-refractivity contribution in [1.29, 1.82) is 0 Å². The van der Waals surface area contributed by atoms with Crippen molar-refractivity contribution in [2.24, 2.45) is 11.7 Å². The number of benzene rings is 1. The molecule has 1 rings (SSSR count). The average molecular weight is 279 g/mol. The molecule has 1 aromatic rings. The third kappa shape index (κ3) is 6.92. The summed E-state index contributed by atoms with van der Waals surface area (Å²) in [6.45, 7) is 3.94. The second-order valence-electron chi connectivity index (χ2n) is 5.37. The minimum absolute atomic E-state index is 0.273. The number of aliphatic hydroxyl groups is 1. The van der Waals surface area contributed by atoms with Crippen LogP contribution < -0.4 is 10.5 Å². The van der Waals surface area contributed by atoms with E-state index in [9.17, 15) is 0 Å². The summed E-state index contributed by atoms with van der Waals surface area (Å²) in [5, 5.41) is 8.94. The fourth-order valence-electron chi connectivity index (χ4n) is 2.41. The van der Waals surface area contributed by atoms with Crippen molar-refractivity contribution >= 4 is 0 Å². The summed E-state index contributed by atoms with van der Waals surface area (Å²) in [7, 11) is 0. The van der Waals surface area contributed by atoms with Crippen molar-refractivity contribution < 1.29 is 9.84 Å². The number of hydrogen-bond donors (Lipinski definition) is 2. The lowest BCUT2D eigenvalue weighted by Crippen LogP contribution is -2.13. The van der Waals surface area contributed by atoms with Gasteiger partial charge in [0.2, 0.25) is 0 Å². The van der Waals surface area contributed by atoms with E-state index >= 15 is 0 Å². The first-order chi connectivity index (χ1) is 9.80. The van der Waals surface area contributed by atoms with E-state index in [1.807, 2.05) is 12.1 Å². The molecule has 0 aliphatic carbocycles. The Kier molecular flexibility index (Phi) is 9.09. The van der Waals surface area contributed by atoms with Gasteiger partial charge in [-0.25, -0.2) is 0 Å². The Morgan fingerprint density at radius 2 is 2.10 bits per heavy atom. The standard InChI is InChI=1S/C17H29NO2/c1-2-6-16(9-5-12-19)14-20-17-10-3-7-15(13-17)8-4-11-18/h3,7,10,13,16,19H,2,4-6,8-9,11-12,14,18H2,1H3. The highest BCUT2D eigenvalue weighted by Crippen LogP contribution is 2.19. The van der Waals surface area contributed by atoms with E-state index in [0.29, 0.717) is 5.92 Å².